The molecule has 7 nitrogen and oxygen atoms in total. The first kappa shape index (κ1) is 38.1. The van der Waals surface area contributed by atoms with Crippen molar-refractivity contribution in [2.45, 2.75) is 20.8 Å². The molecule has 0 N–H and O–H groups in total. The normalized spacial score (nSPS) is 11.7. The van der Waals surface area contributed by atoms with Gasteiger partial charge in [-0.25, -0.2) is 14.2 Å². The third kappa shape index (κ3) is 6.58. The summed E-state index contributed by atoms with van der Waals surface area (Å²) in [6.07, 6.45) is 11.9. The minimum Gasteiger partial charge on any atom is -0.455 e. The standard InChI is InChI=1S/C50H35N3O4.C2H6/c1-5-13-36(7-3)53-49(54)51-48-43(34-27-25-33(26-28-34)38-17-12-19-42-40-15-9-10-20-45(40)57-47(38)42)29-35(30-52(48)50(53)55)31-21-23-32(24-22-31)37-16-11-18-41-39(14-6-2)44(8-4)56-46(37)41;1-2/h5-30H,1,3-4H2,2H3;1-2H3/b14-6-,36-13+;. The second kappa shape index (κ2) is 16.0. The van der Waals surface area contributed by atoms with Gasteiger partial charge < -0.3 is 8.83 Å². The summed E-state index contributed by atoms with van der Waals surface area (Å²) in [6.45, 7) is 17.5. The second-order valence-electron chi connectivity index (χ2n) is 13.6. The Morgan fingerprint density at radius 3 is 1.88 bits per heavy atom. The number of fused-ring (bicyclic) bond motifs is 5. The van der Waals surface area contributed by atoms with E-state index in [1.54, 1.807) is 18.3 Å². The van der Waals surface area contributed by atoms with E-state index in [0.29, 0.717) is 5.56 Å². The molecule has 0 aliphatic carbocycles. The Bertz CT molecular complexity index is 3280. The molecule has 5 aromatic carbocycles. The fourth-order valence-corrected chi connectivity index (χ4v) is 7.64. The van der Waals surface area contributed by atoms with Crippen molar-refractivity contribution < 1.29 is 8.83 Å². The maximum absolute atomic E-state index is 14.2. The van der Waals surface area contributed by atoms with Gasteiger partial charge >= 0.3 is 11.4 Å². The lowest BCUT2D eigenvalue weighted by molar-refractivity contribution is 0.604. The van der Waals surface area contributed by atoms with E-state index in [1.807, 2.05) is 130 Å². The van der Waals surface area contributed by atoms with E-state index in [0.717, 1.165) is 87.7 Å². The molecule has 7 heteroatoms. The minimum atomic E-state index is -0.719. The van der Waals surface area contributed by atoms with E-state index in [9.17, 15) is 9.59 Å². The summed E-state index contributed by atoms with van der Waals surface area (Å²) < 4.78 is 15.0. The summed E-state index contributed by atoms with van der Waals surface area (Å²) in [5.74, 6) is 0.718. The van der Waals surface area contributed by atoms with Gasteiger partial charge in [-0.15, -0.1) is 0 Å². The molecule has 0 aliphatic rings. The van der Waals surface area contributed by atoms with Crippen LogP contribution in [0.15, 0.2) is 184 Å². The summed E-state index contributed by atoms with van der Waals surface area (Å²) in [5, 5.41) is 3.11. The van der Waals surface area contributed by atoms with Gasteiger partial charge in [-0.05, 0) is 65.1 Å². The van der Waals surface area contributed by atoms with Crippen molar-refractivity contribution in [3.63, 3.8) is 0 Å². The Balaban J connectivity index is 0.00000238. The van der Waals surface area contributed by atoms with Gasteiger partial charge in [0, 0.05) is 44.6 Å². The van der Waals surface area contributed by atoms with Gasteiger partial charge in [-0.1, -0.05) is 155 Å². The fraction of sp³-hybridized carbons (Fsp3) is 0.0577. The first-order chi connectivity index (χ1) is 28.9. The van der Waals surface area contributed by atoms with Crippen LogP contribution in [0.1, 0.15) is 32.1 Å². The van der Waals surface area contributed by atoms with Crippen molar-refractivity contribution in [2.75, 3.05) is 0 Å². The molecule has 0 spiro atoms. The Kier molecular flexibility index (Phi) is 10.3. The zero-order valence-electron chi connectivity index (χ0n) is 33.1. The molecule has 0 atom stereocenters. The molecule has 4 heterocycles. The van der Waals surface area contributed by atoms with Crippen LogP contribution < -0.4 is 11.4 Å². The molecule has 0 amide bonds. The number of allylic oxidation sites excluding steroid dienone is 5. The topological polar surface area (TPSA) is 82.7 Å². The Labute approximate surface area is 341 Å². The monoisotopic (exact) mass is 771 g/mol. The van der Waals surface area contributed by atoms with Gasteiger partial charge in [0.15, 0.2) is 5.65 Å². The Morgan fingerprint density at radius 1 is 0.661 bits per heavy atom. The largest absolute Gasteiger partial charge is 0.455 e. The van der Waals surface area contributed by atoms with E-state index in [1.165, 1.54) is 16.6 Å². The number of aromatic nitrogens is 3. The van der Waals surface area contributed by atoms with Crippen molar-refractivity contribution in [2.24, 2.45) is 0 Å². The number of nitrogens with zero attached hydrogens (tertiary/aromatic N) is 3. The highest BCUT2D eigenvalue weighted by molar-refractivity contribution is 6.09. The van der Waals surface area contributed by atoms with E-state index < -0.39 is 11.4 Å². The van der Waals surface area contributed by atoms with Gasteiger partial charge in [0.25, 0.3) is 0 Å². The summed E-state index contributed by atoms with van der Waals surface area (Å²) in [7, 11) is 0. The van der Waals surface area contributed by atoms with Crippen molar-refractivity contribution in [3.05, 3.63) is 198 Å². The van der Waals surface area contributed by atoms with Crippen LogP contribution in [0.4, 0.5) is 0 Å². The number of hydrogen-bond donors (Lipinski definition) is 0. The molecule has 0 fully saturated rings. The first-order valence-corrected chi connectivity index (χ1v) is 19.5. The molecular weight excluding hydrogens is 731 g/mol. The van der Waals surface area contributed by atoms with Gasteiger partial charge in [0.2, 0.25) is 0 Å². The van der Waals surface area contributed by atoms with Crippen LogP contribution in [-0.2, 0) is 0 Å². The van der Waals surface area contributed by atoms with Gasteiger partial charge in [0.1, 0.15) is 22.5 Å². The Morgan fingerprint density at radius 2 is 1.25 bits per heavy atom. The van der Waals surface area contributed by atoms with Crippen molar-refractivity contribution in [1.29, 1.82) is 0 Å². The van der Waals surface area contributed by atoms with Crippen LogP contribution in [0.2, 0.25) is 0 Å². The van der Waals surface area contributed by atoms with E-state index in [-0.39, 0.29) is 11.3 Å². The molecule has 9 rings (SSSR count). The van der Waals surface area contributed by atoms with Crippen molar-refractivity contribution in [3.8, 4) is 44.5 Å². The van der Waals surface area contributed by atoms with Crippen LogP contribution in [-0.4, -0.2) is 14.0 Å². The number of para-hydroxylation sites is 3. The predicted octanol–water partition coefficient (Wildman–Crippen LogP) is 13.1. The van der Waals surface area contributed by atoms with Crippen LogP contribution in [0, 0.1) is 0 Å². The number of furan rings is 2. The quantitative estimate of drug-likeness (QED) is 0.136. The van der Waals surface area contributed by atoms with Crippen LogP contribution in [0.5, 0.6) is 0 Å². The zero-order chi connectivity index (χ0) is 41.2. The number of benzene rings is 5. The SMILES string of the molecule is C=C/C=C(\C=C)n1c(=O)nc2c(-c3ccc(-c4cccc5c4oc4ccccc45)cc3)cc(-c3ccc(-c4cccc5c(/C=C\C)c(C=C)oc45)cc3)cn2c1=O.CC. The van der Waals surface area contributed by atoms with E-state index in [2.05, 4.69) is 42.9 Å². The maximum atomic E-state index is 14.2. The third-order valence-corrected chi connectivity index (χ3v) is 10.3. The molecule has 0 unspecified atom stereocenters. The number of rotatable bonds is 9. The molecule has 9 aromatic rings. The summed E-state index contributed by atoms with van der Waals surface area (Å²) >= 11 is 0. The molecule has 0 saturated carbocycles. The smallest absolute Gasteiger partial charge is 0.358 e. The Hall–Kier alpha value is -7.77. The maximum Gasteiger partial charge on any atom is 0.358 e. The molecule has 0 bridgehead atoms. The highest BCUT2D eigenvalue weighted by Gasteiger charge is 2.19. The number of hydrogen-bond acceptors (Lipinski definition) is 5. The fourth-order valence-electron chi connectivity index (χ4n) is 7.64. The molecule has 0 aliphatic heterocycles. The number of pyridine rings is 1. The average Bonchev–Trinajstić information content (AvgIpc) is 3.85. The lowest BCUT2D eigenvalue weighted by Crippen LogP contribution is -2.38. The zero-order valence-corrected chi connectivity index (χ0v) is 33.1. The highest BCUT2D eigenvalue weighted by atomic mass is 16.3. The summed E-state index contributed by atoms with van der Waals surface area (Å²) in [5.41, 5.74) is 9.46. The summed E-state index contributed by atoms with van der Waals surface area (Å²) in [4.78, 5) is 32.2. The second-order valence-corrected chi connectivity index (χ2v) is 13.6. The highest BCUT2D eigenvalue weighted by Crippen LogP contribution is 2.39. The van der Waals surface area contributed by atoms with Crippen LogP contribution in [0.3, 0.4) is 0 Å². The molecule has 0 radical (unpaired) electrons. The van der Waals surface area contributed by atoms with E-state index in [4.69, 9.17) is 8.83 Å². The minimum absolute atomic E-state index is 0.232. The van der Waals surface area contributed by atoms with Gasteiger partial charge in [-0.3, -0.25) is 4.40 Å². The van der Waals surface area contributed by atoms with Crippen LogP contribution >= 0.6 is 0 Å². The molecule has 288 valence electrons. The lowest BCUT2D eigenvalue weighted by atomic mass is 9.96. The predicted molar refractivity (Wildman–Crippen MR) is 245 cm³/mol. The average molecular weight is 772 g/mol. The van der Waals surface area contributed by atoms with Crippen molar-refractivity contribution in [1.82, 2.24) is 14.0 Å². The van der Waals surface area contributed by atoms with Crippen molar-refractivity contribution >= 4 is 56.4 Å². The van der Waals surface area contributed by atoms with Gasteiger partial charge in [-0.2, -0.15) is 4.98 Å². The molecule has 4 aromatic heterocycles. The van der Waals surface area contributed by atoms with E-state index >= 15 is 0 Å². The molecule has 59 heavy (non-hydrogen) atoms. The van der Waals surface area contributed by atoms with Crippen LogP contribution in [0.25, 0.3) is 101 Å². The first-order valence-electron chi connectivity index (χ1n) is 19.5. The summed E-state index contributed by atoms with van der Waals surface area (Å²) in [6, 6.07) is 38.3. The van der Waals surface area contributed by atoms with Gasteiger partial charge in [0.05, 0.1) is 5.70 Å². The third-order valence-electron chi connectivity index (χ3n) is 10.3. The molecular formula is C52H41N3O4. The molecule has 0 saturated heterocycles. The lowest BCUT2D eigenvalue weighted by Gasteiger charge is -2.14.